The zero-order valence-electron chi connectivity index (χ0n) is 17.4. The number of thioether (sulfide) groups is 1. The molecule has 1 amide bonds. The number of amides is 1. The summed E-state index contributed by atoms with van der Waals surface area (Å²) in [6.45, 7) is 4.92. The van der Waals surface area contributed by atoms with Gasteiger partial charge in [0.25, 0.3) is 0 Å². The van der Waals surface area contributed by atoms with Crippen LogP contribution >= 0.6 is 27.7 Å². The summed E-state index contributed by atoms with van der Waals surface area (Å²) in [5.41, 5.74) is 2.29. The lowest BCUT2D eigenvalue weighted by molar-refractivity contribution is -0.141. The Labute approximate surface area is 192 Å². The summed E-state index contributed by atoms with van der Waals surface area (Å²) in [5, 5.41) is 22.9. The van der Waals surface area contributed by atoms with Crippen LogP contribution in [0.15, 0.2) is 46.3 Å². The van der Waals surface area contributed by atoms with Gasteiger partial charge in [0.1, 0.15) is 6.04 Å². The summed E-state index contributed by atoms with van der Waals surface area (Å²) in [6.07, 6.45) is 2.44. The molecule has 2 aromatic carbocycles. The van der Waals surface area contributed by atoms with Crippen LogP contribution in [0.25, 0.3) is 16.5 Å². The summed E-state index contributed by atoms with van der Waals surface area (Å²) in [7, 11) is 0. The minimum Gasteiger partial charge on any atom is -0.480 e. The molecule has 0 aliphatic heterocycles. The molecule has 0 spiro atoms. The van der Waals surface area contributed by atoms with Gasteiger partial charge in [0.15, 0.2) is 5.16 Å². The van der Waals surface area contributed by atoms with Crippen molar-refractivity contribution in [2.75, 3.05) is 0 Å². The van der Waals surface area contributed by atoms with Crippen molar-refractivity contribution in [3.8, 4) is 5.69 Å². The molecule has 0 saturated heterocycles. The molecule has 3 aromatic rings. The van der Waals surface area contributed by atoms with Crippen molar-refractivity contribution in [3.05, 3.63) is 46.7 Å². The normalized spacial score (nSPS) is 15.1. The Hall–Kier alpha value is -2.39. The predicted molar refractivity (Wildman–Crippen MR) is 124 cm³/mol. The Morgan fingerprint density at radius 3 is 2.52 bits per heavy atom. The number of hydrogen-bond donors (Lipinski definition) is 2. The Bertz CT molecular complexity index is 1170. The fraction of sp³-hybridized carbons (Fsp3) is 0.364. The fourth-order valence-corrected chi connectivity index (χ4v) is 5.00. The van der Waals surface area contributed by atoms with Gasteiger partial charge < -0.3 is 10.4 Å². The summed E-state index contributed by atoms with van der Waals surface area (Å²) in [5.74, 6) is -0.842. The van der Waals surface area contributed by atoms with Crippen LogP contribution in [0.2, 0.25) is 0 Å². The van der Waals surface area contributed by atoms with Crippen molar-refractivity contribution in [2.24, 2.45) is 0 Å². The van der Waals surface area contributed by atoms with Gasteiger partial charge in [0.2, 0.25) is 10.6 Å². The number of aromatic nitrogens is 3. The van der Waals surface area contributed by atoms with E-state index in [1.807, 2.05) is 16.7 Å². The molecule has 1 atom stereocenters. The third-order valence-electron chi connectivity index (χ3n) is 5.40. The van der Waals surface area contributed by atoms with Crippen molar-refractivity contribution in [1.29, 1.82) is 0 Å². The first-order chi connectivity index (χ1) is 14.7. The maximum atomic E-state index is 12.7. The number of carbonyl (C=O) groups is 2. The Morgan fingerprint density at radius 2 is 1.87 bits per heavy atom. The second-order valence-corrected chi connectivity index (χ2v) is 10.5. The highest BCUT2D eigenvalue weighted by atomic mass is 79.9. The number of aliphatic carboxylic acids is 1. The average molecular weight is 503 g/mol. The SMILES string of the molecule is CC(NC(=O)C(C)(C)Sc1nnc(Br)n1-c1ccc(C2CC2)c2ccccc12)C(=O)O. The van der Waals surface area contributed by atoms with E-state index in [2.05, 4.69) is 55.7 Å². The Kier molecular flexibility index (Phi) is 5.83. The molecule has 4 rings (SSSR count). The van der Waals surface area contributed by atoms with E-state index < -0.39 is 16.8 Å². The van der Waals surface area contributed by atoms with Gasteiger partial charge in [-0.25, -0.2) is 0 Å². The van der Waals surface area contributed by atoms with Crippen molar-refractivity contribution in [2.45, 2.75) is 55.5 Å². The second kappa shape index (κ2) is 8.27. The Balaban J connectivity index is 1.72. The maximum Gasteiger partial charge on any atom is 0.325 e. The quantitative estimate of drug-likeness (QED) is 0.461. The van der Waals surface area contributed by atoms with Crippen LogP contribution < -0.4 is 5.32 Å². The molecule has 0 radical (unpaired) electrons. The number of carboxylic acid groups (broad SMARTS) is 1. The smallest absolute Gasteiger partial charge is 0.325 e. The number of carbonyl (C=O) groups excluding carboxylic acids is 1. The highest BCUT2D eigenvalue weighted by Crippen LogP contribution is 2.45. The lowest BCUT2D eigenvalue weighted by Gasteiger charge is -2.24. The van der Waals surface area contributed by atoms with E-state index in [0.717, 1.165) is 11.1 Å². The van der Waals surface area contributed by atoms with Crippen molar-refractivity contribution >= 4 is 50.3 Å². The first-order valence-electron chi connectivity index (χ1n) is 10.0. The van der Waals surface area contributed by atoms with E-state index in [1.54, 1.807) is 13.8 Å². The van der Waals surface area contributed by atoms with E-state index in [-0.39, 0.29) is 5.91 Å². The first-order valence-corrected chi connectivity index (χ1v) is 11.7. The van der Waals surface area contributed by atoms with E-state index in [4.69, 9.17) is 5.11 Å². The molecule has 2 N–H and O–H groups in total. The molecular formula is C22H23BrN4O3S. The molecule has 1 heterocycles. The lowest BCUT2D eigenvalue weighted by Crippen LogP contribution is -2.47. The molecule has 0 bridgehead atoms. The number of fused-ring (bicyclic) bond motifs is 1. The van der Waals surface area contributed by atoms with Crippen molar-refractivity contribution < 1.29 is 14.7 Å². The van der Waals surface area contributed by atoms with E-state index in [9.17, 15) is 9.59 Å². The molecule has 1 aliphatic rings. The molecule has 1 unspecified atom stereocenters. The van der Waals surface area contributed by atoms with Crippen LogP contribution in [0, 0.1) is 0 Å². The standard InChI is InChI=1S/C22H23BrN4O3S/c1-12(18(28)29)24-19(30)22(2,3)31-21-26-25-20(23)27(21)17-11-10-14(13-8-9-13)15-6-4-5-7-16(15)17/h4-7,10-13H,8-9H2,1-3H3,(H,24,30)(H,28,29). The van der Waals surface area contributed by atoms with Gasteiger partial charge in [-0.2, -0.15) is 0 Å². The van der Waals surface area contributed by atoms with Gasteiger partial charge in [-0.1, -0.05) is 42.1 Å². The molecule has 1 fully saturated rings. The van der Waals surface area contributed by atoms with Crippen LogP contribution in [0.3, 0.4) is 0 Å². The highest BCUT2D eigenvalue weighted by molar-refractivity contribution is 9.10. The minimum absolute atomic E-state index is 0.382. The van der Waals surface area contributed by atoms with Gasteiger partial charge in [-0.3, -0.25) is 14.2 Å². The molecule has 7 nitrogen and oxygen atoms in total. The van der Waals surface area contributed by atoms with Gasteiger partial charge in [-0.05, 0) is 72.5 Å². The third-order valence-corrected chi connectivity index (χ3v) is 7.05. The molecule has 1 aromatic heterocycles. The number of carboxylic acids is 1. The fourth-order valence-electron chi connectivity index (χ4n) is 3.48. The van der Waals surface area contributed by atoms with E-state index >= 15 is 0 Å². The predicted octanol–water partition coefficient (Wildman–Crippen LogP) is 4.52. The Morgan fingerprint density at radius 1 is 1.19 bits per heavy atom. The summed E-state index contributed by atoms with van der Waals surface area (Å²) in [4.78, 5) is 23.8. The monoisotopic (exact) mass is 502 g/mol. The maximum absolute atomic E-state index is 12.7. The van der Waals surface area contributed by atoms with Crippen LogP contribution in [0.5, 0.6) is 0 Å². The zero-order valence-corrected chi connectivity index (χ0v) is 19.8. The topological polar surface area (TPSA) is 97.1 Å². The molecule has 9 heteroatoms. The highest BCUT2D eigenvalue weighted by Gasteiger charge is 2.34. The average Bonchev–Trinajstić information content (AvgIpc) is 3.51. The third kappa shape index (κ3) is 4.34. The number of benzene rings is 2. The largest absolute Gasteiger partial charge is 0.480 e. The van der Waals surface area contributed by atoms with E-state index in [0.29, 0.717) is 15.8 Å². The van der Waals surface area contributed by atoms with E-state index in [1.165, 1.54) is 42.5 Å². The number of nitrogens with one attached hydrogen (secondary N) is 1. The lowest BCUT2D eigenvalue weighted by atomic mass is 9.99. The van der Waals surface area contributed by atoms with Gasteiger partial charge in [-0.15, -0.1) is 10.2 Å². The van der Waals surface area contributed by atoms with Crippen molar-refractivity contribution in [1.82, 2.24) is 20.1 Å². The van der Waals surface area contributed by atoms with Crippen molar-refractivity contribution in [3.63, 3.8) is 0 Å². The number of halogens is 1. The number of rotatable bonds is 7. The molecule has 162 valence electrons. The minimum atomic E-state index is -1.08. The van der Waals surface area contributed by atoms with Crippen LogP contribution in [0.4, 0.5) is 0 Å². The second-order valence-electron chi connectivity index (χ2n) is 8.23. The molecular weight excluding hydrogens is 480 g/mol. The van der Waals surface area contributed by atoms with Gasteiger partial charge in [0.05, 0.1) is 10.4 Å². The molecule has 31 heavy (non-hydrogen) atoms. The summed E-state index contributed by atoms with van der Waals surface area (Å²) >= 11 is 4.74. The molecule has 1 aliphatic carbocycles. The van der Waals surface area contributed by atoms with Crippen LogP contribution in [-0.4, -0.2) is 42.5 Å². The van der Waals surface area contributed by atoms with Crippen LogP contribution in [0.1, 0.15) is 45.1 Å². The first kappa shape index (κ1) is 21.8. The summed E-state index contributed by atoms with van der Waals surface area (Å²) in [6, 6.07) is 11.6. The van der Waals surface area contributed by atoms with Crippen LogP contribution in [-0.2, 0) is 9.59 Å². The number of nitrogens with zero attached hydrogens (tertiary/aromatic N) is 3. The molecule has 1 saturated carbocycles. The zero-order chi connectivity index (χ0) is 22.3. The number of hydrogen-bond acceptors (Lipinski definition) is 5. The van der Waals surface area contributed by atoms with Gasteiger partial charge in [0, 0.05) is 5.39 Å². The van der Waals surface area contributed by atoms with Gasteiger partial charge >= 0.3 is 5.97 Å². The summed E-state index contributed by atoms with van der Waals surface area (Å²) < 4.78 is 1.46.